The maximum Gasteiger partial charge on any atom is 0.417 e. The van der Waals surface area contributed by atoms with Gasteiger partial charge in [-0.2, -0.15) is 13.2 Å². The molecule has 0 spiro atoms. The summed E-state index contributed by atoms with van der Waals surface area (Å²) in [5, 5.41) is 0.957. The van der Waals surface area contributed by atoms with E-state index < -0.39 is 42.2 Å². The van der Waals surface area contributed by atoms with Gasteiger partial charge < -0.3 is 9.41 Å². The number of benzene rings is 3. The van der Waals surface area contributed by atoms with Gasteiger partial charge in [0.25, 0.3) is 13.9 Å². The zero-order chi connectivity index (χ0) is 32.4. The molecule has 1 atom stereocenters. The van der Waals surface area contributed by atoms with E-state index in [0.29, 0.717) is 11.8 Å². The van der Waals surface area contributed by atoms with Crippen molar-refractivity contribution in [3.05, 3.63) is 128 Å². The maximum absolute atomic E-state index is 14.0. The zero-order valence-electron chi connectivity index (χ0n) is 24.7. The van der Waals surface area contributed by atoms with E-state index in [1.54, 1.807) is 12.3 Å². The van der Waals surface area contributed by atoms with Gasteiger partial charge in [-0.25, -0.2) is 4.79 Å². The van der Waals surface area contributed by atoms with Crippen molar-refractivity contribution in [1.29, 1.82) is 0 Å². The second-order valence-electron chi connectivity index (χ2n) is 11.6. The van der Waals surface area contributed by atoms with Gasteiger partial charge in [0.15, 0.2) is 0 Å². The Kier molecular flexibility index (Phi) is 9.46. The van der Waals surface area contributed by atoms with Crippen LogP contribution >= 0.6 is 23.4 Å². The van der Waals surface area contributed by atoms with Crippen molar-refractivity contribution in [2.45, 2.75) is 42.8 Å². The Morgan fingerprint density at radius 1 is 0.911 bits per heavy atom. The number of hydrogen-bond acceptors (Lipinski definition) is 5. The molecule has 234 valence electrons. The lowest BCUT2D eigenvalue weighted by Crippen LogP contribution is -2.66. The van der Waals surface area contributed by atoms with E-state index in [9.17, 15) is 22.8 Å². The number of hydrogen-bond donors (Lipinski definition) is 2. The predicted octanol–water partition coefficient (Wildman–Crippen LogP) is 6.74. The highest BCUT2D eigenvalue weighted by molar-refractivity contribution is 7.99. The van der Waals surface area contributed by atoms with Crippen molar-refractivity contribution in [2.75, 3.05) is 12.4 Å². The summed E-state index contributed by atoms with van der Waals surface area (Å²) in [5.74, 6) is -0.201. The molecule has 12 heteroatoms. The first-order chi connectivity index (χ1) is 21.3. The fourth-order valence-corrected chi connectivity index (χ4v) is 11.8. The lowest BCUT2D eigenvalue weighted by molar-refractivity contribution is -0.137. The Labute approximate surface area is 268 Å². The highest BCUT2D eigenvalue weighted by Crippen LogP contribution is 2.44. The molecule has 3 aromatic carbocycles. The molecule has 2 aromatic heterocycles. The van der Waals surface area contributed by atoms with Crippen LogP contribution in [0.5, 0.6) is 0 Å². The molecule has 2 N–H and O–H groups in total. The van der Waals surface area contributed by atoms with Crippen LogP contribution in [0.25, 0.3) is 10.9 Å². The fraction of sp³-hybridized carbons (Fsp3) is 0.242. The Hall–Kier alpha value is -3.64. The third-order valence-corrected chi connectivity index (χ3v) is 14.5. The molecule has 5 rings (SSSR count). The van der Waals surface area contributed by atoms with Gasteiger partial charge in [0.1, 0.15) is 0 Å². The summed E-state index contributed by atoms with van der Waals surface area (Å²) in [6.07, 6.45) is -3.17. The largest absolute Gasteiger partial charge is 0.417 e. The molecule has 5 aromatic rings. The van der Waals surface area contributed by atoms with E-state index in [1.165, 1.54) is 0 Å². The molecule has 0 bridgehead atoms. The Bertz CT molecular complexity index is 1860. The van der Waals surface area contributed by atoms with Crippen LogP contribution in [-0.4, -0.2) is 35.6 Å². The number of thioether (sulfide) groups is 1. The zero-order valence-corrected chi connectivity index (χ0v) is 27.3. The Morgan fingerprint density at radius 3 is 2.04 bits per heavy atom. The summed E-state index contributed by atoms with van der Waals surface area (Å²) in [4.78, 5) is 33.7. The molecule has 0 amide bonds. The minimum absolute atomic E-state index is 0.0453. The fourth-order valence-electron chi connectivity index (χ4n) is 5.60. The van der Waals surface area contributed by atoms with Gasteiger partial charge in [-0.15, -0.1) is 11.8 Å². The van der Waals surface area contributed by atoms with E-state index in [0.717, 1.165) is 22.1 Å². The van der Waals surface area contributed by atoms with Crippen LogP contribution in [0.15, 0.2) is 106 Å². The van der Waals surface area contributed by atoms with Gasteiger partial charge >= 0.3 is 11.9 Å². The molecule has 2 heterocycles. The number of pyridine rings is 1. The number of halogens is 4. The van der Waals surface area contributed by atoms with E-state index in [1.807, 2.05) is 53.5 Å². The summed E-state index contributed by atoms with van der Waals surface area (Å²) in [5.41, 5.74) is -2.31. The maximum atomic E-state index is 14.0. The first-order valence-corrected chi connectivity index (χ1v) is 17.4. The predicted molar refractivity (Wildman–Crippen MR) is 176 cm³/mol. The number of aromatic nitrogens is 3. The number of aromatic amines is 2. The van der Waals surface area contributed by atoms with Crippen molar-refractivity contribution in [2.24, 2.45) is 0 Å². The summed E-state index contributed by atoms with van der Waals surface area (Å²) in [7, 11) is -2.96. The average Bonchev–Trinajstić information content (AvgIpc) is 2.99. The molecule has 0 aliphatic rings. The average molecular weight is 670 g/mol. The molecule has 0 aliphatic carbocycles. The summed E-state index contributed by atoms with van der Waals surface area (Å²) in [6.45, 7) is 6.67. The highest BCUT2D eigenvalue weighted by Gasteiger charge is 2.50. The van der Waals surface area contributed by atoms with Crippen LogP contribution in [0.4, 0.5) is 13.2 Å². The number of alkyl halides is 3. The number of nitrogens with one attached hydrogen (secondary N) is 2. The van der Waals surface area contributed by atoms with Crippen molar-refractivity contribution in [3.63, 3.8) is 0 Å². The van der Waals surface area contributed by atoms with Crippen molar-refractivity contribution in [3.8, 4) is 0 Å². The molecule has 0 aliphatic heterocycles. The van der Waals surface area contributed by atoms with Crippen molar-refractivity contribution >= 4 is 53.0 Å². The molecular weight excluding hydrogens is 639 g/mol. The molecule has 45 heavy (non-hydrogen) atoms. The smallest absolute Gasteiger partial charge is 0.407 e. The standard InChI is InChI=1S/C33H31ClF3N3O3SSi/c1-32(2,3)45(22-12-6-4-7-13-22,23-14-8-5-9-15-23)43-19-21(26-16-10-11-17-38-26)20-44-29-27(34)25(33(35,36)37)18-24-28(29)39-31(42)40-30(24)41/h4-18,21H,19-20H2,1-3H3,(H2,39,40,41,42). The SMILES string of the molecule is CC(C)(C)[Si](OCC(CSc1c(Cl)c(C(F)(F)F)cc2c(=O)[nH]c(=O)[nH]c12)c1ccccn1)(c1ccccc1)c1ccccc1. The van der Waals surface area contributed by atoms with Crippen LogP contribution in [0, 0.1) is 0 Å². The number of fused-ring (bicyclic) bond motifs is 1. The molecule has 0 saturated carbocycles. The lowest BCUT2D eigenvalue weighted by Gasteiger charge is -2.43. The monoisotopic (exact) mass is 669 g/mol. The van der Waals surface area contributed by atoms with E-state index in [4.69, 9.17) is 16.0 Å². The first kappa shape index (κ1) is 32.7. The molecule has 0 radical (unpaired) electrons. The van der Waals surface area contributed by atoms with E-state index in [-0.39, 0.29) is 33.2 Å². The highest BCUT2D eigenvalue weighted by atomic mass is 35.5. The molecule has 6 nitrogen and oxygen atoms in total. The van der Waals surface area contributed by atoms with Gasteiger partial charge in [0.05, 0.1) is 26.4 Å². The van der Waals surface area contributed by atoms with Crippen LogP contribution in [-0.2, 0) is 10.6 Å². The summed E-state index contributed by atoms with van der Waals surface area (Å²) < 4.78 is 49.2. The quantitative estimate of drug-likeness (QED) is 0.134. The van der Waals surface area contributed by atoms with Gasteiger partial charge in [-0.1, -0.05) is 99.1 Å². The molecule has 0 fully saturated rings. The van der Waals surface area contributed by atoms with Crippen LogP contribution in [0.2, 0.25) is 10.1 Å². The Balaban J connectivity index is 1.59. The number of rotatable bonds is 9. The summed E-state index contributed by atoms with van der Waals surface area (Å²) in [6, 6.07) is 26.3. The molecule has 0 saturated heterocycles. The van der Waals surface area contributed by atoms with Crippen molar-refractivity contribution in [1.82, 2.24) is 15.0 Å². The van der Waals surface area contributed by atoms with Gasteiger partial charge in [0.2, 0.25) is 0 Å². The van der Waals surface area contributed by atoms with Crippen LogP contribution in [0.3, 0.4) is 0 Å². The number of nitrogens with zero attached hydrogens (tertiary/aromatic N) is 1. The molecular formula is C33H31ClF3N3O3SSi. The number of H-pyrrole nitrogens is 2. The van der Waals surface area contributed by atoms with Crippen LogP contribution in [0.1, 0.15) is 37.9 Å². The second-order valence-corrected chi connectivity index (χ2v) is 17.3. The van der Waals surface area contributed by atoms with Crippen molar-refractivity contribution < 1.29 is 17.6 Å². The second kappa shape index (κ2) is 13.0. The minimum Gasteiger partial charge on any atom is -0.407 e. The third-order valence-electron chi connectivity index (χ3n) is 7.69. The minimum atomic E-state index is -4.82. The third kappa shape index (κ3) is 6.67. The van der Waals surface area contributed by atoms with Gasteiger partial charge in [-0.05, 0) is 33.6 Å². The lowest BCUT2D eigenvalue weighted by atomic mass is 10.1. The molecule has 1 unspecified atom stereocenters. The van der Waals surface area contributed by atoms with Gasteiger partial charge in [-0.3, -0.25) is 14.8 Å². The van der Waals surface area contributed by atoms with E-state index in [2.05, 4.69) is 55.0 Å². The van der Waals surface area contributed by atoms with E-state index >= 15 is 0 Å². The van der Waals surface area contributed by atoms with Crippen LogP contribution < -0.4 is 21.6 Å². The summed E-state index contributed by atoms with van der Waals surface area (Å²) >= 11 is 7.38. The topological polar surface area (TPSA) is 87.8 Å². The Morgan fingerprint density at radius 2 is 1.51 bits per heavy atom. The first-order valence-electron chi connectivity index (χ1n) is 14.2. The normalized spacial score (nSPS) is 13.2. The van der Waals surface area contributed by atoms with Gasteiger partial charge in [0, 0.05) is 30.2 Å².